The average molecular weight is 376 g/mol. The van der Waals surface area contributed by atoms with Crippen LogP contribution in [0.2, 0.25) is 5.02 Å². The highest BCUT2D eigenvalue weighted by molar-refractivity contribution is 7.91. The first-order chi connectivity index (χ1) is 11.2. The number of hydrogen-bond donors (Lipinski definition) is 1. The molecule has 1 amide bonds. The lowest BCUT2D eigenvalue weighted by molar-refractivity contribution is -0.135. The number of carbonyl (C=O) groups excluding carboxylic acids is 1. The zero-order valence-electron chi connectivity index (χ0n) is 13.1. The molecule has 1 aromatic carbocycles. The van der Waals surface area contributed by atoms with Crippen molar-refractivity contribution in [2.75, 3.05) is 24.7 Å². The summed E-state index contributed by atoms with van der Waals surface area (Å²) in [5.41, 5.74) is -0.137. The Morgan fingerprint density at radius 2 is 2.12 bits per heavy atom. The first-order valence-corrected chi connectivity index (χ1v) is 9.59. The summed E-state index contributed by atoms with van der Waals surface area (Å²) in [6.07, 6.45) is 0.406. The summed E-state index contributed by atoms with van der Waals surface area (Å²) in [6, 6.07) is 3.73. The number of benzene rings is 1. The number of ether oxygens (including phenoxy) is 1. The molecule has 1 saturated heterocycles. The molecule has 132 valence electrons. The van der Waals surface area contributed by atoms with Gasteiger partial charge in [-0.15, -0.1) is 0 Å². The molecule has 0 radical (unpaired) electrons. The van der Waals surface area contributed by atoms with Crippen molar-refractivity contribution in [1.82, 2.24) is 4.90 Å². The highest BCUT2D eigenvalue weighted by Gasteiger charge is 2.34. The maximum absolute atomic E-state index is 12.3. The molecular formula is C15H18ClNO6S. The maximum atomic E-state index is 12.3. The van der Waals surface area contributed by atoms with Crippen LogP contribution < -0.4 is 4.74 Å². The van der Waals surface area contributed by atoms with Crippen molar-refractivity contribution in [2.45, 2.75) is 19.4 Å². The molecule has 1 N–H and O–H groups in total. The van der Waals surface area contributed by atoms with Crippen molar-refractivity contribution in [3.8, 4) is 5.75 Å². The fraction of sp³-hybridized carbons (Fsp3) is 0.467. The molecule has 9 heteroatoms. The largest absolute Gasteiger partial charge is 0.483 e. The van der Waals surface area contributed by atoms with E-state index in [1.165, 1.54) is 23.1 Å². The zero-order valence-corrected chi connectivity index (χ0v) is 14.6. The van der Waals surface area contributed by atoms with Crippen LogP contribution >= 0.6 is 11.6 Å². The summed E-state index contributed by atoms with van der Waals surface area (Å²) >= 11 is 5.76. The van der Waals surface area contributed by atoms with Crippen molar-refractivity contribution in [3.05, 3.63) is 28.8 Å². The molecule has 1 atom stereocenters. The standard InChI is InChI=1S/C15H18ClNO6S/c1-2-17(11-5-6-24(21,22)9-11)14(18)8-23-13-4-3-10(16)7-12(13)15(19)20/h3-4,7,11H,2,5-6,8-9H2,1H3,(H,19,20). The summed E-state index contributed by atoms with van der Waals surface area (Å²) in [5, 5.41) is 9.39. The van der Waals surface area contributed by atoms with Crippen molar-refractivity contribution in [1.29, 1.82) is 0 Å². The van der Waals surface area contributed by atoms with E-state index in [9.17, 15) is 18.0 Å². The lowest BCUT2D eigenvalue weighted by Crippen LogP contribution is -2.43. The number of amides is 1. The van der Waals surface area contributed by atoms with Gasteiger partial charge in [0.25, 0.3) is 5.91 Å². The topological polar surface area (TPSA) is 101 Å². The number of nitrogens with zero attached hydrogens (tertiary/aromatic N) is 1. The number of likely N-dealkylation sites (N-methyl/N-ethyl adjacent to an activating group) is 1. The van der Waals surface area contributed by atoms with Gasteiger partial charge in [-0.3, -0.25) is 4.79 Å². The molecule has 0 aromatic heterocycles. The highest BCUT2D eigenvalue weighted by atomic mass is 35.5. The number of halogens is 1. The first-order valence-electron chi connectivity index (χ1n) is 7.39. The van der Waals surface area contributed by atoms with Gasteiger partial charge >= 0.3 is 5.97 Å². The number of rotatable bonds is 6. The van der Waals surface area contributed by atoms with E-state index in [-0.39, 0.29) is 46.4 Å². The fourth-order valence-corrected chi connectivity index (χ4v) is 4.58. The second-order valence-corrected chi connectivity index (χ2v) is 8.14. The minimum absolute atomic E-state index is 0.0374. The quantitative estimate of drug-likeness (QED) is 0.807. The van der Waals surface area contributed by atoms with E-state index in [1.807, 2.05) is 0 Å². The van der Waals surface area contributed by atoms with Crippen molar-refractivity contribution in [2.24, 2.45) is 0 Å². The Hall–Kier alpha value is -1.80. The van der Waals surface area contributed by atoms with Gasteiger partial charge in [0.15, 0.2) is 16.4 Å². The van der Waals surface area contributed by atoms with Crippen LogP contribution in [0, 0.1) is 0 Å². The summed E-state index contributed by atoms with van der Waals surface area (Å²) in [6.45, 7) is 1.74. The normalized spacial score (nSPS) is 19.0. The third-order valence-corrected chi connectivity index (χ3v) is 5.82. The molecule has 0 spiro atoms. The van der Waals surface area contributed by atoms with Crippen molar-refractivity contribution >= 4 is 33.3 Å². The van der Waals surface area contributed by atoms with Gasteiger partial charge in [0, 0.05) is 17.6 Å². The van der Waals surface area contributed by atoms with Gasteiger partial charge in [-0.2, -0.15) is 0 Å². The molecular weight excluding hydrogens is 358 g/mol. The minimum Gasteiger partial charge on any atom is -0.483 e. The Kier molecular flexibility index (Phi) is 5.71. The summed E-state index contributed by atoms with van der Waals surface area (Å²) in [5.74, 6) is -1.54. The predicted octanol–water partition coefficient (Wildman–Crippen LogP) is 1.45. The fourth-order valence-electron chi connectivity index (χ4n) is 2.68. The van der Waals surface area contributed by atoms with Crippen LogP contribution in [0.4, 0.5) is 0 Å². The Bertz CT molecular complexity index is 748. The SMILES string of the molecule is CCN(C(=O)COc1ccc(Cl)cc1C(=O)O)C1CCS(=O)(=O)C1. The highest BCUT2D eigenvalue weighted by Crippen LogP contribution is 2.23. The van der Waals surface area contributed by atoms with Gasteiger partial charge in [-0.05, 0) is 31.5 Å². The van der Waals surface area contributed by atoms with Gasteiger partial charge in [0.2, 0.25) is 0 Å². The van der Waals surface area contributed by atoms with Crippen LogP contribution in [0.15, 0.2) is 18.2 Å². The Balaban J connectivity index is 2.06. The van der Waals surface area contributed by atoms with Crippen LogP contribution in [-0.4, -0.2) is 61.0 Å². The second-order valence-electron chi connectivity index (χ2n) is 5.47. The summed E-state index contributed by atoms with van der Waals surface area (Å²) in [4.78, 5) is 25.0. The van der Waals surface area contributed by atoms with E-state index in [1.54, 1.807) is 6.92 Å². The van der Waals surface area contributed by atoms with Gasteiger partial charge < -0.3 is 14.7 Å². The zero-order chi connectivity index (χ0) is 17.9. The molecule has 1 aliphatic rings. The van der Waals surface area contributed by atoms with Crippen LogP contribution in [-0.2, 0) is 14.6 Å². The van der Waals surface area contributed by atoms with E-state index < -0.39 is 15.8 Å². The molecule has 1 heterocycles. The van der Waals surface area contributed by atoms with Crippen LogP contribution in [0.25, 0.3) is 0 Å². The third-order valence-electron chi connectivity index (χ3n) is 3.83. The molecule has 1 aliphatic heterocycles. The predicted molar refractivity (Wildman–Crippen MR) is 88.4 cm³/mol. The smallest absolute Gasteiger partial charge is 0.339 e. The Labute approximate surface area is 145 Å². The van der Waals surface area contributed by atoms with Gasteiger partial charge in [-0.1, -0.05) is 11.6 Å². The molecule has 2 rings (SSSR count). The number of aromatic carboxylic acids is 1. The molecule has 1 aromatic rings. The van der Waals surface area contributed by atoms with Gasteiger partial charge in [0.05, 0.1) is 11.5 Å². The molecule has 0 bridgehead atoms. The van der Waals surface area contributed by atoms with E-state index in [0.717, 1.165) is 0 Å². The molecule has 0 aliphatic carbocycles. The van der Waals surface area contributed by atoms with E-state index in [4.69, 9.17) is 21.4 Å². The minimum atomic E-state index is -3.10. The van der Waals surface area contributed by atoms with Gasteiger partial charge in [-0.25, -0.2) is 13.2 Å². The van der Waals surface area contributed by atoms with E-state index in [2.05, 4.69) is 0 Å². The first kappa shape index (κ1) is 18.5. The average Bonchev–Trinajstić information content (AvgIpc) is 2.86. The molecule has 1 fully saturated rings. The number of hydrogen-bond acceptors (Lipinski definition) is 5. The maximum Gasteiger partial charge on any atom is 0.339 e. The lowest BCUT2D eigenvalue weighted by atomic mass is 10.2. The summed E-state index contributed by atoms with van der Waals surface area (Å²) < 4.78 is 28.5. The number of carbonyl (C=O) groups is 2. The van der Waals surface area contributed by atoms with Crippen LogP contribution in [0.3, 0.4) is 0 Å². The number of carboxylic acids is 1. The summed E-state index contributed by atoms with van der Waals surface area (Å²) in [7, 11) is -3.10. The van der Waals surface area contributed by atoms with Gasteiger partial charge in [0.1, 0.15) is 11.3 Å². The van der Waals surface area contributed by atoms with Crippen molar-refractivity contribution < 1.29 is 27.9 Å². The molecule has 7 nitrogen and oxygen atoms in total. The number of sulfone groups is 1. The molecule has 1 unspecified atom stereocenters. The Morgan fingerprint density at radius 1 is 1.42 bits per heavy atom. The monoisotopic (exact) mass is 375 g/mol. The lowest BCUT2D eigenvalue weighted by Gasteiger charge is -2.26. The number of carboxylic acid groups (broad SMARTS) is 1. The third kappa shape index (κ3) is 4.39. The molecule has 24 heavy (non-hydrogen) atoms. The van der Waals surface area contributed by atoms with Crippen LogP contribution in [0.1, 0.15) is 23.7 Å². The van der Waals surface area contributed by atoms with Crippen molar-refractivity contribution in [3.63, 3.8) is 0 Å². The van der Waals surface area contributed by atoms with E-state index >= 15 is 0 Å². The van der Waals surface area contributed by atoms with Crippen LogP contribution in [0.5, 0.6) is 5.75 Å². The molecule has 0 saturated carbocycles. The second kappa shape index (κ2) is 7.40. The van der Waals surface area contributed by atoms with E-state index in [0.29, 0.717) is 13.0 Å². The Morgan fingerprint density at radius 3 is 2.67 bits per heavy atom.